The highest BCUT2D eigenvalue weighted by Gasteiger charge is 2.05. The average molecular weight is 286 g/mol. The van der Waals surface area contributed by atoms with Crippen LogP contribution in [0, 0.1) is 0 Å². The van der Waals surface area contributed by atoms with Gasteiger partial charge in [-0.25, -0.2) is 0 Å². The first-order valence-corrected chi connectivity index (χ1v) is 6.43. The van der Waals surface area contributed by atoms with Gasteiger partial charge in [-0.15, -0.1) is 0 Å². The second-order valence-electron chi connectivity index (χ2n) is 4.21. The van der Waals surface area contributed by atoms with Crippen LogP contribution in [0.5, 0.6) is 11.5 Å². The predicted octanol–water partition coefficient (Wildman–Crippen LogP) is 3.97. The zero-order chi connectivity index (χ0) is 13.9. The number of hydrazine groups is 1. The Bertz CT molecular complexity index is 761. The highest BCUT2D eigenvalue weighted by molar-refractivity contribution is 6.32. The fourth-order valence-corrected chi connectivity index (χ4v) is 2.14. The standard InChI is InChI=1S/C15H12ClN3O/c16-12-3-1-2-4-15(12)20-10-5-6-13-11(9-10)14(19-17)7-8-18-13/h1-9H,17H2,(H,18,19). The highest BCUT2D eigenvalue weighted by atomic mass is 35.5. The second kappa shape index (κ2) is 5.36. The minimum Gasteiger partial charge on any atom is -0.456 e. The normalized spacial score (nSPS) is 10.5. The average Bonchev–Trinajstić information content (AvgIpc) is 2.49. The van der Waals surface area contributed by atoms with Crippen LogP contribution in [0.15, 0.2) is 54.7 Å². The van der Waals surface area contributed by atoms with E-state index in [1.807, 2.05) is 42.5 Å². The SMILES string of the molecule is NNc1ccnc2ccc(Oc3ccccc3Cl)cc12. The molecule has 3 N–H and O–H groups in total. The first-order valence-electron chi connectivity index (χ1n) is 6.06. The van der Waals surface area contributed by atoms with Crippen LogP contribution in [-0.2, 0) is 0 Å². The fourth-order valence-electron chi connectivity index (χ4n) is 1.97. The maximum atomic E-state index is 6.08. The lowest BCUT2D eigenvalue weighted by Gasteiger charge is -2.10. The van der Waals surface area contributed by atoms with Gasteiger partial charge in [0.2, 0.25) is 0 Å². The third-order valence-electron chi connectivity index (χ3n) is 2.93. The topological polar surface area (TPSA) is 60.2 Å². The molecule has 1 aromatic heterocycles. The van der Waals surface area contributed by atoms with E-state index in [0.717, 1.165) is 16.6 Å². The summed E-state index contributed by atoms with van der Waals surface area (Å²) in [6.07, 6.45) is 1.70. The molecule has 0 aliphatic rings. The molecule has 5 heteroatoms. The molecule has 20 heavy (non-hydrogen) atoms. The van der Waals surface area contributed by atoms with E-state index >= 15 is 0 Å². The van der Waals surface area contributed by atoms with Crippen molar-refractivity contribution in [1.29, 1.82) is 0 Å². The molecule has 0 fully saturated rings. The predicted molar refractivity (Wildman–Crippen MR) is 81.1 cm³/mol. The zero-order valence-electron chi connectivity index (χ0n) is 10.5. The molecule has 3 aromatic rings. The number of pyridine rings is 1. The van der Waals surface area contributed by atoms with Crippen LogP contribution in [0.4, 0.5) is 5.69 Å². The molecule has 0 radical (unpaired) electrons. The largest absolute Gasteiger partial charge is 0.456 e. The summed E-state index contributed by atoms with van der Waals surface area (Å²) in [6.45, 7) is 0. The Morgan fingerprint density at radius 2 is 1.95 bits per heavy atom. The number of rotatable bonds is 3. The molecule has 1 heterocycles. The van der Waals surface area contributed by atoms with Gasteiger partial charge in [-0.1, -0.05) is 23.7 Å². The van der Waals surface area contributed by atoms with Crippen LogP contribution >= 0.6 is 11.6 Å². The molecule has 0 amide bonds. The van der Waals surface area contributed by atoms with Gasteiger partial charge in [0.15, 0.2) is 0 Å². The molecule has 100 valence electrons. The van der Waals surface area contributed by atoms with Crippen LogP contribution in [0.2, 0.25) is 5.02 Å². The first kappa shape index (κ1) is 12.7. The van der Waals surface area contributed by atoms with Crippen LogP contribution in [-0.4, -0.2) is 4.98 Å². The third kappa shape index (κ3) is 2.39. The molecular formula is C15H12ClN3O. The molecule has 0 saturated heterocycles. The molecule has 0 atom stereocenters. The molecule has 3 rings (SSSR count). The van der Waals surface area contributed by atoms with Crippen molar-refractivity contribution in [2.45, 2.75) is 0 Å². The van der Waals surface area contributed by atoms with Crippen molar-refractivity contribution in [3.63, 3.8) is 0 Å². The minimum absolute atomic E-state index is 0.566. The number of ether oxygens (including phenoxy) is 1. The van der Waals surface area contributed by atoms with Gasteiger partial charge in [-0.05, 0) is 36.4 Å². The summed E-state index contributed by atoms with van der Waals surface area (Å²) >= 11 is 6.08. The summed E-state index contributed by atoms with van der Waals surface area (Å²) in [6, 6.07) is 14.7. The second-order valence-corrected chi connectivity index (χ2v) is 4.62. The number of nitrogens with one attached hydrogen (secondary N) is 1. The summed E-state index contributed by atoms with van der Waals surface area (Å²) < 4.78 is 5.79. The molecule has 0 spiro atoms. The number of nitrogens with two attached hydrogens (primary N) is 1. The van der Waals surface area contributed by atoms with Crippen molar-refractivity contribution < 1.29 is 4.74 Å². The van der Waals surface area contributed by atoms with E-state index in [9.17, 15) is 0 Å². The molecule has 2 aromatic carbocycles. The van der Waals surface area contributed by atoms with Gasteiger partial charge in [-0.3, -0.25) is 10.8 Å². The molecule has 0 bridgehead atoms. The Morgan fingerprint density at radius 3 is 2.75 bits per heavy atom. The first-order chi connectivity index (χ1) is 9.78. The van der Waals surface area contributed by atoms with Crippen molar-refractivity contribution in [3.8, 4) is 11.5 Å². The molecule has 4 nitrogen and oxygen atoms in total. The van der Waals surface area contributed by atoms with E-state index < -0.39 is 0 Å². The highest BCUT2D eigenvalue weighted by Crippen LogP contribution is 2.31. The monoisotopic (exact) mass is 285 g/mol. The molecule has 0 aliphatic carbocycles. The lowest BCUT2D eigenvalue weighted by atomic mass is 10.2. The van der Waals surface area contributed by atoms with Gasteiger partial charge < -0.3 is 10.2 Å². The Labute approximate surface area is 121 Å². The Balaban J connectivity index is 2.03. The fraction of sp³-hybridized carbons (Fsp3) is 0. The Hall–Kier alpha value is -2.30. The summed E-state index contributed by atoms with van der Waals surface area (Å²) in [5.74, 6) is 6.79. The number of para-hydroxylation sites is 1. The maximum absolute atomic E-state index is 6.08. The number of nitrogen functional groups attached to an aromatic ring is 1. The van der Waals surface area contributed by atoms with Crippen LogP contribution in [0.3, 0.4) is 0 Å². The lowest BCUT2D eigenvalue weighted by molar-refractivity contribution is 0.483. The van der Waals surface area contributed by atoms with Crippen LogP contribution < -0.4 is 16.0 Å². The lowest BCUT2D eigenvalue weighted by Crippen LogP contribution is -2.07. The molecule has 0 unspecified atom stereocenters. The van der Waals surface area contributed by atoms with Gasteiger partial charge >= 0.3 is 0 Å². The van der Waals surface area contributed by atoms with Gasteiger partial charge in [0, 0.05) is 11.6 Å². The number of nitrogens with zero attached hydrogens (tertiary/aromatic N) is 1. The van der Waals surface area contributed by atoms with E-state index in [-0.39, 0.29) is 0 Å². The van der Waals surface area contributed by atoms with E-state index in [1.165, 1.54) is 0 Å². The molecule has 0 aliphatic heterocycles. The number of halogens is 1. The van der Waals surface area contributed by atoms with Crippen molar-refractivity contribution >= 4 is 28.2 Å². The molecular weight excluding hydrogens is 274 g/mol. The van der Waals surface area contributed by atoms with Crippen molar-refractivity contribution in [3.05, 3.63) is 59.8 Å². The van der Waals surface area contributed by atoms with Gasteiger partial charge in [-0.2, -0.15) is 0 Å². The number of fused-ring (bicyclic) bond motifs is 1. The smallest absolute Gasteiger partial charge is 0.146 e. The minimum atomic E-state index is 0.566. The van der Waals surface area contributed by atoms with Gasteiger partial charge in [0.05, 0.1) is 16.2 Å². The van der Waals surface area contributed by atoms with E-state index in [4.69, 9.17) is 22.2 Å². The van der Waals surface area contributed by atoms with Crippen LogP contribution in [0.25, 0.3) is 10.9 Å². The summed E-state index contributed by atoms with van der Waals surface area (Å²) in [7, 11) is 0. The zero-order valence-corrected chi connectivity index (χ0v) is 11.3. The quantitative estimate of drug-likeness (QED) is 0.565. The van der Waals surface area contributed by atoms with Gasteiger partial charge in [0.1, 0.15) is 11.5 Å². The summed E-state index contributed by atoms with van der Waals surface area (Å²) in [5.41, 5.74) is 4.28. The summed E-state index contributed by atoms with van der Waals surface area (Å²) in [5, 5.41) is 1.45. The number of anilines is 1. The molecule has 0 saturated carbocycles. The third-order valence-corrected chi connectivity index (χ3v) is 3.25. The summed E-state index contributed by atoms with van der Waals surface area (Å²) in [4.78, 5) is 4.28. The Morgan fingerprint density at radius 1 is 1.10 bits per heavy atom. The number of hydrogen-bond acceptors (Lipinski definition) is 4. The van der Waals surface area contributed by atoms with E-state index in [2.05, 4.69) is 10.4 Å². The number of hydrogen-bond donors (Lipinski definition) is 2. The number of benzene rings is 2. The van der Waals surface area contributed by atoms with Gasteiger partial charge in [0.25, 0.3) is 0 Å². The van der Waals surface area contributed by atoms with E-state index in [0.29, 0.717) is 16.5 Å². The Kier molecular flexibility index (Phi) is 3.41. The maximum Gasteiger partial charge on any atom is 0.146 e. The van der Waals surface area contributed by atoms with Crippen molar-refractivity contribution in [1.82, 2.24) is 4.98 Å². The number of aromatic nitrogens is 1. The van der Waals surface area contributed by atoms with Crippen LogP contribution in [0.1, 0.15) is 0 Å². The van der Waals surface area contributed by atoms with E-state index in [1.54, 1.807) is 12.3 Å². The van der Waals surface area contributed by atoms with Crippen molar-refractivity contribution in [2.24, 2.45) is 5.84 Å². The van der Waals surface area contributed by atoms with Crippen molar-refractivity contribution in [2.75, 3.05) is 5.43 Å².